The van der Waals surface area contributed by atoms with Crippen molar-refractivity contribution in [2.75, 3.05) is 5.32 Å². The van der Waals surface area contributed by atoms with Gasteiger partial charge in [-0.25, -0.2) is 0 Å². The first kappa shape index (κ1) is 19.5. The van der Waals surface area contributed by atoms with Crippen LogP contribution < -0.4 is 10.6 Å². The number of aryl methyl sites for hydroxylation is 2. The van der Waals surface area contributed by atoms with Crippen LogP contribution in [0.5, 0.6) is 0 Å². The Hall–Kier alpha value is -3.21. The first-order valence-corrected chi connectivity index (χ1v) is 9.37. The Labute approximate surface area is 165 Å². The van der Waals surface area contributed by atoms with Crippen molar-refractivity contribution in [3.05, 3.63) is 70.9 Å². The molecule has 2 amide bonds. The van der Waals surface area contributed by atoms with Gasteiger partial charge in [0.15, 0.2) is 0 Å². The topological polar surface area (TPSA) is 71.1 Å². The lowest BCUT2D eigenvalue weighted by Gasteiger charge is -2.17. The standard InChI is InChI=1S/C23H25N3O2/c1-14-20-10-5-6-11-22(20)24-16(3)21(14)13-23(28)25-15(2)18-8-7-9-19(12-18)26-17(4)27/h5-12,15H,13H2,1-4H3,(H,25,28)(H,26,27). The number of carbonyl (C=O) groups is 2. The van der Waals surface area contributed by atoms with Gasteiger partial charge in [-0.3, -0.25) is 14.6 Å². The van der Waals surface area contributed by atoms with Crippen molar-refractivity contribution in [2.24, 2.45) is 0 Å². The summed E-state index contributed by atoms with van der Waals surface area (Å²) in [7, 11) is 0. The van der Waals surface area contributed by atoms with E-state index in [9.17, 15) is 9.59 Å². The molecule has 0 aliphatic heterocycles. The number of anilines is 1. The predicted octanol–water partition coefficient (Wildman–Crippen LogP) is 4.23. The van der Waals surface area contributed by atoms with Gasteiger partial charge in [0.1, 0.15) is 0 Å². The van der Waals surface area contributed by atoms with Crippen LogP contribution in [0.1, 0.15) is 42.3 Å². The lowest BCUT2D eigenvalue weighted by Crippen LogP contribution is -2.28. The third-order valence-electron chi connectivity index (χ3n) is 4.91. The highest BCUT2D eigenvalue weighted by Gasteiger charge is 2.15. The Morgan fingerprint density at radius 2 is 1.82 bits per heavy atom. The molecule has 5 heteroatoms. The molecule has 3 rings (SSSR count). The van der Waals surface area contributed by atoms with Crippen molar-refractivity contribution in [3.8, 4) is 0 Å². The lowest BCUT2D eigenvalue weighted by molar-refractivity contribution is -0.121. The summed E-state index contributed by atoms with van der Waals surface area (Å²) in [5.41, 5.74) is 5.55. The van der Waals surface area contributed by atoms with E-state index < -0.39 is 0 Å². The highest BCUT2D eigenvalue weighted by molar-refractivity contribution is 5.89. The number of hydrogen-bond donors (Lipinski definition) is 2. The van der Waals surface area contributed by atoms with Crippen molar-refractivity contribution in [2.45, 2.75) is 40.2 Å². The lowest BCUT2D eigenvalue weighted by atomic mass is 9.99. The molecule has 0 radical (unpaired) electrons. The fourth-order valence-corrected chi connectivity index (χ4v) is 3.46. The molecule has 0 saturated heterocycles. The van der Waals surface area contributed by atoms with E-state index in [2.05, 4.69) is 15.6 Å². The Balaban J connectivity index is 1.75. The van der Waals surface area contributed by atoms with Gasteiger partial charge in [-0.15, -0.1) is 0 Å². The molecule has 0 spiro atoms. The summed E-state index contributed by atoms with van der Waals surface area (Å²) >= 11 is 0. The zero-order chi connectivity index (χ0) is 20.3. The number of nitrogens with zero attached hydrogens (tertiary/aromatic N) is 1. The highest BCUT2D eigenvalue weighted by Crippen LogP contribution is 2.23. The first-order valence-electron chi connectivity index (χ1n) is 9.37. The van der Waals surface area contributed by atoms with Gasteiger partial charge in [-0.2, -0.15) is 0 Å². The number of pyridine rings is 1. The molecule has 0 bridgehead atoms. The number of para-hydroxylation sites is 1. The van der Waals surface area contributed by atoms with E-state index in [-0.39, 0.29) is 24.3 Å². The maximum Gasteiger partial charge on any atom is 0.224 e. The largest absolute Gasteiger partial charge is 0.349 e. The highest BCUT2D eigenvalue weighted by atomic mass is 16.2. The van der Waals surface area contributed by atoms with E-state index >= 15 is 0 Å². The second-order valence-corrected chi connectivity index (χ2v) is 7.09. The van der Waals surface area contributed by atoms with E-state index in [1.54, 1.807) is 0 Å². The van der Waals surface area contributed by atoms with Crippen molar-refractivity contribution >= 4 is 28.4 Å². The molecule has 1 aromatic heterocycles. The summed E-state index contributed by atoms with van der Waals surface area (Å²) in [5.74, 6) is -0.177. The molecule has 0 saturated carbocycles. The van der Waals surface area contributed by atoms with Gasteiger partial charge >= 0.3 is 0 Å². The van der Waals surface area contributed by atoms with Gasteiger partial charge in [0, 0.05) is 23.7 Å². The maximum atomic E-state index is 12.7. The minimum atomic E-state index is -0.171. The molecule has 5 nitrogen and oxygen atoms in total. The van der Waals surface area contributed by atoms with Crippen molar-refractivity contribution < 1.29 is 9.59 Å². The Bertz CT molecular complexity index is 1040. The molecule has 0 aliphatic rings. The Morgan fingerprint density at radius 3 is 2.57 bits per heavy atom. The number of hydrogen-bond acceptors (Lipinski definition) is 3. The second kappa shape index (κ2) is 8.21. The van der Waals surface area contributed by atoms with Crippen molar-refractivity contribution in [1.82, 2.24) is 10.3 Å². The molecular formula is C23H25N3O2. The van der Waals surface area contributed by atoms with Crippen LogP contribution in [-0.4, -0.2) is 16.8 Å². The molecule has 3 aromatic rings. The molecule has 2 aromatic carbocycles. The summed E-state index contributed by atoms with van der Waals surface area (Å²) in [4.78, 5) is 28.6. The first-order chi connectivity index (χ1) is 13.3. The van der Waals surface area contributed by atoms with Crippen LogP contribution >= 0.6 is 0 Å². The van der Waals surface area contributed by atoms with Crippen LogP contribution in [0.4, 0.5) is 5.69 Å². The maximum absolute atomic E-state index is 12.7. The van der Waals surface area contributed by atoms with Gasteiger partial charge in [0.05, 0.1) is 18.0 Å². The summed E-state index contributed by atoms with van der Waals surface area (Å²) < 4.78 is 0. The average molecular weight is 375 g/mol. The molecular weight excluding hydrogens is 350 g/mol. The number of aromatic nitrogens is 1. The van der Waals surface area contributed by atoms with Gasteiger partial charge in [0.2, 0.25) is 11.8 Å². The number of fused-ring (bicyclic) bond motifs is 1. The van der Waals surface area contributed by atoms with E-state index in [0.717, 1.165) is 39.0 Å². The smallest absolute Gasteiger partial charge is 0.224 e. The van der Waals surface area contributed by atoms with E-state index in [1.165, 1.54) is 6.92 Å². The van der Waals surface area contributed by atoms with E-state index in [0.29, 0.717) is 0 Å². The molecule has 144 valence electrons. The monoisotopic (exact) mass is 375 g/mol. The fourth-order valence-electron chi connectivity index (χ4n) is 3.46. The minimum Gasteiger partial charge on any atom is -0.349 e. The Kier molecular flexibility index (Phi) is 5.73. The molecule has 0 aliphatic carbocycles. The van der Waals surface area contributed by atoms with Gasteiger partial charge < -0.3 is 10.6 Å². The van der Waals surface area contributed by atoms with Crippen LogP contribution in [-0.2, 0) is 16.0 Å². The normalized spacial score (nSPS) is 11.9. The summed E-state index contributed by atoms with van der Waals surface area (Å²) in [6.45, 7) is 7.39. The quantitative estimate of drug-likeness (QED) is 0.701. The summed E-state index contributed by atoms with van der Waals surface area (Å²) in [5, 5.41) is 6.89. The Morgan fingerprint density at radius 1 is 1.07 bits per heavy atom. The third-order valence-corrected chi connectivity index (χ3v) is 4.91. The van der Waals surface area contributed by atoms with Crippen molar-refractivity contribution in [3.63, 3.8) is 0 Å². The number of benzene rings is 2. The van der Waals surface area contributed by atoms with Gasteiger partial charge in [0.25, 0.3) is 0 Å². The molecule has 0 fully saturated rings. The molecule has 1 atom stereocenters. The second-order valence-electron chi connectivity index (χ2n) is 7.09. The number of rotatable bonds is 5. The molecule has 2 N–H and O–H groups in total. The number of amides is 2. The molecule has 28 heavy (non-hydrogen) atoms. The van der Waals surface area contributed by atoms with Crippen LogP contribution in [0.2, 0.25) is 0 Å². The summed E-state index contributed by atoms with van der Waals surface area (Å²) in [6.07, 6.45) is 0.283. The SMILES string of the molecule is CC(=O)Nc1cccc(C(C)NC(=O)Cc2c(C)nc3ccccc3c2C)c1. The van der Waals surface area contributed by atoms with Crippen LogP contribution in [0.3, 0.4) is 0 Å². The predicted molar refractivity (Wildman–Crippen MR) is 112 cm³/mol. The zero-order valence-corrected chi connectivity index (χ0v) is 16.7. The van der Waals surface area contributed by atoms with Crippen LogP contribution in [0.15, 0.2) is 48.5 Å². The minimum absolute atomic E-state index is 0.0549. The summed E-state index contributed by atoms with van der Waals surface area (Å²) in [6, 6.07) is 15.3. The molecule has 1 unspecified atom stereocenters. The molecule has 1 heterocycles. The number of carbonyl (C=O) groups excluding carboxylic acids is 2. The van der Waals surface area contributed by atoms with Gasteiger partial charge in [-0.1, -0.05) is 30.3 Å². The zero-order valence-electron chi connectivity index (χ0n) is 16.7. The average Bonchev–Trinajstić information content (AvgIpc) is 2.65. The van der Waals surface area contributed by atoms with Crippen molar-refractivity contribution in [1.29, 1.82) is 0 Å². The van der Waals surface area contributed by atoms with E-state index in [1.807, 2.05) is 69.3 Å². The third kappa shape index (κ3) is 4.36. The van der Waals surface area contributed by atoms with Crippen LogP contribution in [0, 0.1) is 13.8 Å². The van der Waals surface area contributed by atoms with Crippen LogP contribution in [0.25, 0.3) is 10.9 Å². The van der Waals surface area contributed by atoms with Gasteiger partial charge in [-0.05, 0) is 55.7 Å². The van der Waals surface area contributed by atoms with E-state index in [4.69, 9.17) is 0 Å². The number of nitrogens with one attached hydrogen (secondary N) is 2. The fraction of sp³-hybridized carbons (Fsp3) is 0.261.